The average molecular weight is 510 g/mol. The van der Waals surface area contributed by atoms with Crippen molar-refractivity contribution in [2.24, 2.45) is 4.99 Å². The van der Waals surface area contributed by atoms with Gasteiger partial charge in [0.15, 0.2) is 5.54 Å². The van der Waals surface area contributed by atoms with E-state index >= 15 is 0 Å². The normalized spacial score (nSPS) is 29.4. The summed E-state index contributed by atoms with van der Waals surface area (Å²) in [6.07, 6.45) is 7.67. The number of benzene rings is 1. The van der Waals surface area contributed by atoms with Crippen molar-refractivity contribution in [1.29, 1.82) is 0 Å². The third kappa shape index (κ3) is 3.79. The molecule has 6 rings (SSSR count). The second-order valence-corrected chi connectivity index (χ2v) is 11.2. The molecule has 1 amide bonds. The molecule has 2 saturated heterocycles. The van der Waals surface area contributed by atoms with E-state index in [1.54, 1.807) is 41.8 Å². The molecule has 2 N–H and O–H groups in total. The fourth-order valence-corrected chi connectivity index (χ4v) is 7.45. The lowest BCUT2D eigenvalue weighted by molar-refractivity contribution is -0.156. The van der Waals surface area contributed by atoms with Crippen LogP contribution in [0.3, 0.4) is 0 Å². The number of thiazole rings is 1. The molecule has 188 valence electrons. The van der Waals surface area contributed by atoms with Crippen molar-refractivity contribution in [2.45, 2.75) is 49.3 Å². The number of nitrogens with one attached hydrogen (secondary N) is 1. The number of carbonyl (C=O) groups excluding carboxylic acids is 1. The molecular weight excluding hydrogens is 481 g/mol. The number of carboxylic acids is 1. The molecule has 4 aliphatic rings. The first-order valence-electron chi connectivity index (χ1n) is 12.3. The number of halogens is 1. The lowest BCUT2D eigenvalue weighted by Gasteiger charge is -2.52. The van der Waals surface area contributed by atoms with Gasteiger partial charge in [0.25, 0.3) is 0 Å². The molecule has 1 aromatic heterocycles. The Morgan fingerprint density at radius 3 is 2.86 bits per heavy atom. The van der Waals surface area contributed by atoms with Gasteiger partial charge in [0.1, 0.15) is 10.8 Å². The van der Waals surface area contributed by atoms with Crippen LogP contribution in [0.25, 0.3) is 10.6 Å². The first-order chi connectivity index (χ1) is 17.4. The van der Waals surface area contributed by atoms with E-state index in [1.807, 2.05) is 4.90 Å². The minimum absolute atomic E-state index is 0.0376. The molecule has 3 unspecified atom stereocenters. The maximum atomic E-state index is 13.7. The lowest BCUT2D eigenvalue weighted by Crippen LogP contribution is -2.72. The van der Waals surface area contributed by atoms with Crippen molar-refractivity contribution in [1.82, 2.24) is 20.1 Å². The van der Waals surface area contributed by atoms with Gasteiger partial charge < -0.3 is 15.3 Å². The maximum absolute atomic E-state index is 13.7. The van der Waals surface area contributed by atoms with Crippen molar-refractivity contribution < 1.29 is 19.1 Å². The number of aromatic nitrogens is 1. The van der Waals surface area contributed by atoms with Gasteiger partial charge in [0, 0.05) is 60.7 Å². The summed E-state index contributed by atoms with van der Waals surface area (Å²) >= 11 is 1.55. The van der Waals surface area contributed by atoms with Gasteiger partial charge in [-0.15, -0.1) is 11.3 Å². The van der Waals surface area contributed by atoms with Gasteiger partial charge in [-0.1, -0.05) is 0 Å². The molecule has 1 aromatic carbocycles. The zero-order valence-corrected chi connectivity index (χ0v) is 20.6. The number of piperazine rings is 1. The Kier molecular flexibility index (Phi) is 5.77. The van der Waals surface area contributed by atoms with E-state index < -0.39 is 17.0 Å². The van der Waals surface area contributed by atoms with Crippen LogP contribution >= 0.6 is 11.3 Å². The molecule has 10 heteroatoms. The maximum Gasteiger partial charge on any atom is 0.330 e. The highest BCUT2D eigenvalue weighted by atomic mass is 32.1. The zero-order valence-electron chi connectivity index (χ0n) is 19.8. The molecule has 0 saturated carbocycles. The van der Waals surface area contributed by atoms with E-state index in [0.29, 0.717) is 32.6 Å². The van der Waals surface area contributed by atoms with Gasteiger partial charge in [0.05, 0.1) is 18.8 Å². The molecule has 2 fully saturated rings. The number of amides is 1. The fourth-order valence-electron chi connectivity index (χ4n) is 6.32. The standard InChI is InChI=1S/C26H28FN5O3S/c27-18-4-2-17(3-5-18)23-30-20-7-11-31(14-21(20)36-23)22(33)12-25-9-6-19(13-29-15-25)32(25)26(24(34)35)8-1-10-28-16-26/h1-5,8,10,19,29H,6-7,9,11-16H2,(H,34,35). The van der Waals surface area contributed by atoms with E-state index in [9.17, 15) is 19.1 Å². The van der Waals surface area contributed by atoms with Gasteiger partial charge in [-0.25, -0.2) is 14.2 Å². The Balaban J connectivity index is 1.23. The van der Waals surface area contributed by atoms with Gasteiger partial charge in [0.2, 0.25) is 5.91 Å². The molecule has 2 aromatic rings. The molecule has 36 heavy (non-hydrogen) atoms. The number of dihydropyridines is 1. The van der Waals surface area contributed by atoms with Crippen molar-refractivity contribution >= 4 is 29.4 Å². The van der Waals surface area contributed by atoms with Gasteiger partial charge in [-0.2, -0.15) is 0 Å². The average Bonchev–Trinajstić information content (AvgIpc) is 3.40. The SMILES string of the molecule is O=C(CC12CCC(CNC1)N2C1(C(=O)O)C=CC=NC1)N1CCc2nc(-c3ccc(F)cc3)sc2C1. The van der Waals surface area contributed by atoms with Gasteiger partial charge in [-0.05, 0) is 49.3 Å². The number of carboxylic acid groups (broad SMARTS) is 1. The van der Waals surface area contributed by atoms with Crippen molar-refractivity contribution in [3.05, 3.63) is 52.8 Å². The quantitative estimate of drug-likeness (QED) is 0.643. The molecule has 3 atom stereocenters. The number of fused-ring (bicyclic) bond motifs is 3. The van der Waals surface area contributed by atoms with Gasteiger partial charge >= 0.3 is 5.97 Å². The van der Waals surface area contributed by atoms with Gasteiger partial charge in [-0.3, -0.25) is 14.7 Å². The number of hydrogen-bond donors (Lipinski definition) is 2. The summed E-state index contributed by atoms with van der Waals surface area (Å²) in [5.74, 6) is -1.16. The molecule has 0 spiro atoms. The molecular formula is C26H28FN5O3S. The summed E-state index contributed by atoms with van der Waals surface area (Å²) in [6, 6.07) is 6.37. The van der Waals surface area contributed by atoms with Crippen LogP contribution in [0, 0.1) is 5.82 Å². The van der Waals surface area contributed by atoms with Crippen LogP contribution in [0.4, 0.5) is 4.39 Å². The Morgan fingerprint density at radius 2 is 2.11 bits per heavy atom. The number of carbonyl (C=O) groups is 2. The highest BCUT2D eigenvalue weighted by molar-refractivity contribution is 7.15. The van der Waals surface area contributed by atoms with E-state index in [-0.39, 0.29) is 30.7 Å². The largest absolute Gasteiger partial charge is 0.480 e. The van der Waals surface area contributed by atoms with Crippen LogP contribution in [-0.4, -0.2) is 81.3 Å². The number of allylic oxidation sites excluding steroid dienone is 1. The third-order valence-electron chi connectivity index (χ3n) is 8.00. The number of nitrogens with zero attached hydrogens (tertiary/aromatic N) is 4. The Bertz CT molecular complexity index is 1260. The predicted molar refractivity (Wildman–Crippen MR) is 135 cm³/mol. The Hall–Kier alpha value is -2.95. The summed E-state index contributed by atoms with van der Waals surface area (Å²) in [4.78, 5) is 40.4. The minimum atomic E-state index is -1.23. The van der Waals surface area contributed by atoms with Crippen LogP contribution in [0.15, 0.2) is 41.4 Å². The number of aliphatic carboxylic acids is 1. The summed E-state index contributed by atoms with van der Waals surface area (Å²) in [5.41, 5.74) is 0.0758. The number of hydrogen-bond acceptors (Lipinski definition) is 7. The van der Waals surface area contributed by atoms with Crippen molar-refractivity contribution in [2.75, 3.05) is 26.2 Å². The van der Waals surface area contributed by atoms with Crippen molar-refractivity contribution in [3.63, 3.8) is 0 Å². The van der Waals surface area contributed by atoms with E-state index in [2.05, 4.69) is 15.2 Å². The summed E-state index contributed by atoms with van der Waals surface area (Å²) in [6.45, 7) is 2.53. The molecule has 4 aliphatic heterocycles. The topological polar surface area (TPSA) is 98.1 Å². The Labute approximate surface area is 212 Å². The number of rotatable bonds is 5. The first kappa shape index (κ1) is 23.4. The Morgan fingerprint density at radius 1 is 1.28 bits per heavy atom. The monoisotopic (exact) mass is 509 g/mol. The smallest absolute Gasteiger partial charge is 0.330 e. The molecule has 8 nitrogen and oxygen atoms in total. The van der Waals surface area contributed by atoms with Crippen LogP contribution in [0.1, 0.15) is 29.8 Å². The highest BCUT2D eigenvalue weighted by Crippen LogP contribution is 2.45. The number of aliphatic imine (C=N–C) groups is 1. The fraction of sp³-hybridized carbons (Fsp3) is 0.462. The van der Waals surface area contributed by atoms with Crippen LogP contribution in [-0.2, 0) is 22.6 Å². The summed E-state index contributed by atoms with van der Waals surface area (Å²) < 4.78 is 13.3. The lowest BCUT2D eigenvalue weighted by atomic mass is 9.83. The predicted octanol–water partition coefficient (Wildman–Crippen LogP) is 2.49. The molecule has 0 radical (unpaired) electrons. The highest BCUT2D eigenvalue weighted by Gasteiger charge is 2.60. The summed E-state index contributed by atoms with van der Waals surface area (Å²) in [5, 5.41) is 14.6. The zero-order chi connectivity index (χ0) is 24.9. The second-order valence-electron chi connectivity index (χ2n) is 10.1. The molecule has 2 bridgehead atoms. The van der Waals surface area contributed by atoms with E-state index in [0.717, 1.165) is 34.0 Å². The second kappa shape index (κ2) is 8.86. The first-order valence-corrected chi connectivity index (χ1v) is 13.2. The van der Waals surface area contributed by atoms with Crippen molar-refractivity contribution in [3.8, 4) is 10.6 Å². The van der Waals surface area contributed by atoms with Crippen LogP contribution in [0.5, 0.6) is 0 Å². The molecule has 5 heterocycles. The third-order valence-corrected chi connectivity index (χ3v) is 9.14. The van der Waals surface area contributed by atoms with E-state index in [4.69, 9.17) is 4.98 Å². The van der Waals surface area contributed by atoms with Crippen LogP contribution < -0.4 is 5.32 Å². The van der Waals surface area contributed by atoms with E-state index in [1.165, 1.54) is 12.1 Å². The minimum Gasteiger partial charge on any atom is -0.480 e. The van der Waals surface area contributed by atoms with Crippen LogP contribution in [0.2, 0.25) is 0 Å². The molecule has 0 aliphatic carbocycles. The summed E-state index contributed by atoms with van der Waals surface area (Å²) in [7, 11) is 0.